The van der Waals surface area contributed by atoms with Gasteiger partial charge in [0.25, 0.3) is 0 Å². The monoisotopic (exact) mass is 299 g/mol. The van der Waals surface area contributed by atoms with Gasteiger partial charge in [-0.15, -0.1) is 0 Å². The molecule has 20 heavy (non-hydrogen) atoms. The third-order valence-electron chi connectivity index (χ3n) is 3.56. The fraction of sp³-hybridized carbons (Fsp3) is 0.692. The zero-order valence-electron chi connectivity index (χ0n) is 11.7. The third-order valence-corrected chi connectivity index (χ3v) is 5.71. The van der Waals surface area contributed by atoms with Gasteiger partial charge in [-0.2, -0.15) is 5.10 Å². The Morgan fingerprint density at radius 2 is 2.15 bits per heavy atom. The Balaban J connectivity index is 1.91. The van der Waals surface area contributed by atoms with Crippen molar-refractivity contribution in [3.05, 3.63) is 11.8 Å². The van der Waals surface area contributed by atoms with E-state index in [9.17, 15) is 13.2 Å². The Morgan fingerprint density at radius 3 is 2.80 bits per heavy atom. The molecule has 0 aromatic carbocycles. The van der Waals surface area contributed by atoms with E-state index in [-0.39, 0.29) is 5.25 Å². The van der Waals surface area contributed by atoms with Gasteiger partial charge in [0.15, 0.2) is 15.7 Å². The standard InChI is InChI=1S/C13H21N3O3S/c1-2-5-10-8-12(16-15-10)14-13(17)9-20(18,19)11-6-3-4-7-11/h8,11H,2-7,9H2,1H3,(H2,14,15,16,17). The van der Waals surface area contributed by atoms with Crippen LogP contribution in [0.4, 0.5) is 5.82 Å². The van der Waals surface area contributed by atoms with Crippen LogP contribution in [0.15, 0.2) is 6.07 Å². The minimum absolute atomic E-state index is 0.344. The van der Waals surface area contributed by atoms with E-state index in [1.807, 2.05) is 6.92 Å². The summed E-state index contributed by atoms with van der Waals surface area (Å²) in [6.45, 7) is 2.05. The highest BCUT2D eigenvalue weighted by Crippen LogP contribution is 2.25. The molecule has 0 spiro atoms. The fourth-order valence-corrected chi connectivity index (χ4v) is 4.27. The molecule has 7 heteroatoms. The van der Waals surface area contributed by atoms with E-state index in [1.54, 1.807) is 6.07 Å². The van der Waals surface area contributed by atoms with Crippen LogP contribution >= 0.6 is 0 Å². The zero-order chi connectivity index (χ0) is 14.6. The molecule has 1 amide bonds. The lowest BCUT2D eigenvalue weighted by molar-refractivity contribution is -0.113. The predicted molar refractivity (Wildman–Crippen MR) is 77.3 cm³/mol. The van der Waals surface area contributed by atoms with Gasteiger partial charge in [0.2, 0.25) is 5.91 Å². The van der Waals surface area contributed by atoms with E-state index in [4.69, 9.17) is 0 Å². The number of aromatic amines is 1. The maximum atomic E-state index is 12.1. The summed E-state index contributed by atoms with van der Waals surface area (Å²) in [5.74, 6) is -0.570. The molecule has 0 radical (unpaired) electrons. The number of anilines is 1. The van der Waals surface area contributed by atoms with Gasteiger partial charge in [-0.1, -0.05) is 26.2 Å². The summed E-state index contributed by atoms with van der Waals surface area (Å²) in [5, 5.41) is 8.96. The number of nitrogens with one attached hydrogen (secondary N) is 2. The van der Waals surface area contributed by atoms with Gasteiger partial charge in [-0.3, -0.25) is 9.89 Å². The summed E-state index contributed by atoms with van der Waals surface area (Å²) < 4.78 is 24.1. The van der Waals surface area contributed by atoms with Crippen LogP contribution in [0.2, 0.25) is 0 Å². The second-order valence-electron chi connectivity index (χ2n) is 5.29. The van der Waals surface area contributed by atoms with Crippen molar-refractivity contribution >= 4 is 21.6 Å². The van der Waals surface area contributed by atoms with Crippen molar-refractivity contribution in [3.63, 3.8) is 0 Å². The van der Waals surface area contributed by atoms with Crippen LogP contribution < -0.4 is 5.32 Å². The summed E-state index contributed by atoms with van der Waals surface area (Å²) in [7, 11) is -3.33. The van der Waals surface area contributed by atoms with Crippen LogP contribution in [0, 0.1) is 0 Å². The van der Waals surface area contributed by atoms with Gasteiger partial charge in [0, 0.05) is 11.8 Å². The molecule has 1 fully saturated rings. The smallest absolute Gasteiger partial charge is 0.240 e. The SMILES string of the molecule is CCCc1cc(NC(=O)CS(=O)(=O)C2CCCC2)n[nH]1. The first-order valence-electron chi connectivity index (χ1n) is 7.07. The number of nitrogens with zero attached hydrogens (tertiary/aromatic N) is 1. The van der Waals surface area contributed by atoms with E-state index >= 15 is 0 Å². The summed E-state index contributed by atoms with van der Waals surface area (Å²) in [5.41, 5.74) is 0.932. The maximum absolute atomic E-state index is 12.1. The summed E-state index contributed by atoms with van der Waals surface area (Å²) in [6, 6.07) is 1.74. The van der Waals surface area contributed by atoms with Gasteiger partial charge < -0.3 is 5.32 Å². The van der Waals surface area contributed by atoms with Crippen molar-refractivity contribution in [3.8, 4) is 0 Å². The number of amides is 1. The highest BCUT2D eigenvalue weighted by molar-refractivity contribution is 7.92. The Bertz CT molecular complexity index is 559. The molecule has 6 nitrogen and oxygen atoms in total. The second-order valence-corrected chi connectivity index (χ2v) is 7.57. The lowest BCUT2D eigenvalue weighted by atomic mass is 10.2. The molecular weight excluding hydrogens is 278 g/mol. The predicted octanol–water partition coefficient (Wildman–Crippen LogP) is 1.66. The highest BCUT2D eigenvalue weighted by atomic mass is 32.2. The van der Waals surface area contributed by atoms with Crippen molar-refractivity contribution in [2.24, 2.45) is 0 Å². The van der Waals surface area contributed by atoms with Crippen LogP contribution in [0.25, 0.3) is 0 Å². The molecule has 0 bridgehead atoms. The third kappa shape index (κ3) is 3.82. The summed E-state index contributed by atoms with van der Waals surface area (Å²) in [6.07, 6.45) is 5.06. The molecular formula is C13H21N3O3S. The molecule has 1 aromatic rings. The van der Waals surface area contributed by atoms with Crippen LogP contribution in [-0.4, -0.2) is 35.5 Å². The number of sulfone groups is 1. The summed E-state index contributed by atoms with van der Waals surface area (Å²) in [4.78, 5) is 11.8. The largest absolute Gasteiger partial charge is 0.308 e. The van der Waals surface area contributed by atoms with Gasteiger partial charge in [-0.25, -0.2) is 8.42 Å². The molecule has 0 aliphatic heterocycles. The molecule has 0 unspecified atom stereocenters. The Labute approximate surface area is 119 Å². The number of aryl methyl sites for hydroxylation is 1. The minimum atomic E-state index is -3.33. The number of aromatic nitrogens is 2. The first kappa shape index (κ1) is 15.0. The Morgan fingerprint density at radius 1 is 1.45 bits per heavy atom. The van der Waals surface area contributed by atoms with Gasteiger partial charge in [0.1, 0.15) is 5.75 Å². The second kappa shape index (κ2) is 6.39. The van der Waals surface area contributed by atoms with Gasteiger partial charge in [0.05, 0.1) is 5.25 Å². The van der Waals surface area contributed by atoms with Crippen molar-refractivity contribution < 1.29 is 13.2 Å². The lowest BCUT2D eigenvalue weighted by Gasteiger charge is -2.10. The van der Waals surface area contributed by atoms with Crippen molar-refractivity contribution in [1.82, 2.24) is 10.2 Å². The van der Waals surface area contributed by atoms with E-state index < -0.39 is 21.5 Å². The lowest BCUT2D eigenvalue weighted by Crippen LogP contribution is -2.29. The number of hydrogen-bond acceptors (Lipinski definition) is 4. The van der Waals surface area contributed by atoms with E-state index in [2.05, 4.69) is 15.5 Å². The van der Waals surface area contributed by atoms with Crippen molar-refractivity contribution in [1.29, 1.82) is 0 Å². The topological polar surface area (TPSA) is 91.9 Å². The first-order valence-corrected chi connectivity index (χ1v) is 8.78. The number of H-pyrrole nitrogens is 1. The fourth-order valence-electron chi connectivity index (χ4n) is 2.55. The quantitative estimate of drug-likeness (QED) is 0.835. The van der Waals surface area contributed by atoms with Gasteiger partial charge >= 0.3 is 0 Å². The molecule has 2 rings (SSSR count). The molecule has 2 N–H and O–H groups in total. The van der Waals surface area contributed by atoms with Crippen LogP contribution in [0.5, 0.6) is 0 Å². The first-order chi connectivity index (χ1) is 9.51. The average molecular weight is 299 g/mol. The maximum Gasteiger partial charge on any atom is 0.240 e. The average Bonchev–Trinajstić information content (AvgIpc) is 3.00. The molecule has 1 aliphatic rings. The number of rotatable bonds is 6. The van der Waals surface area contributed by atoms with E-state index in [0.29, 0.717) is 18.7 Å². The highest BCUT2D eigenvalue weighted by Gasteiger charge is 2.30. The molecule has 0 saturated heterocycles. The van der Waals surface area contributed by atoms with Crippen molar-refractivity contribution in [2.75, 3.05) is 11.1 Å². The van der Waals surface area contributed by atoms with E-state index in [1.165, 1.54) is 0 Å². The number of hydrogen-bond donors (Lipinski definition) is 2. The van der Waals surface area contributed by atoms with Crippen LogP contribution in [-0.2, 0) is 21.1 Å². The minimum Gasteiger partial charge on any atom is -0.308 e. The van der Waals surface area contributed by atoms with Gasteiger partial charge in [-0.05, 0) is 19.3 Å². The Kier molecular flexibility index (Phi) is 4.80. The van der Waals surface area contributed by atoms with E-state index in [0.717, 1.165) is 31.4 Å². The molecule has 0 atom stereocenters. The zero-order valence-corrected chi connectivity index (χ0v) is 12.5. The molecule has 1 heterocycles. The molecule has 1 aliphatic carbocycles. The number of carbonyl (C=O) groups is 1. The molecule has 1 saturated carbocycles. The van der Waals surface area contributed by atoms with Crippen molar-refractivity contribution in [2.45, 2.75) is 50.7 Å². The van der Waals surface area contributed by atoms with Crippen LogP contribution in [0.3, 0.4) is 0 Å². The number of carbonyl (C=O) groups excluding carboxylic acids is 1. The Hall–Kier alpha value is -1.37. The van der Waals surface area contributed by atoms with Crippen LogP contribution in [0.1, 0.15) is 44.7 Å². The summed E-state index contributed by atoms with van der Waals surface area (Å²) >= 11 is 0. The molecule has 112 valence electrons. The molecule has 1 aromatic heterocycles. The normalized spacial score (nSPS) is 16.4.